The Hall–Kier alpha value is -1.20. The molecule has 2 aromatic rings. The zero-order valence-corrected chi connectivity index (χ0v) is 11.2. The van der Waals surface area contributed by atoms with Gasteiger partial charge in [-0.25, -0.2) is 0 Å². The van der Waals surface area contributed by atoms with Crippen LogP contribution in [0.4, 0.5) is 0 Å². The molecule has 0 aliphatic rings. The summed E-state index contributed by atoms with van der Waals surface area (Å²) < 4.78 is 5.84. The third kappa shape index (κ3) is 2.56. The standard InChI is InChI=1S/C12H12O3S2/c1-7(13)3-8-5-16-12-11(8)9(6-17-12)4-10(14)15-2/h5-6H,3-4H2,1-2H3. The van der Waals surface area contributed by atoms with Crippen LogP contribution < -0.4 is 0 Å². The highest BCUT2D eigenvalue weighted by Crippen LogP contribution is 2.35. The number of carbonyl (C=O) groups excluding carboxylic acids is 2. The second-order valence-electron chi connectivity index (χ2n) is 3.82. The number of carbonyl (C=O) groups is 2. The molecule has 0 spiro atoms. The Morgan fingerprint density at radius 2 is 1.76 bits per heavy atom. The van der Waals surface area contributed by atoms with E-state index in [0.717, 1.165) is 16.5 Å². The average Bonchev–Trinajstić information content (AvgIpc) is 2.82. The van der Waals surface area contributed by atoms with Crippen molar-refractivity contribution in [2.45, 2.75) is 19.8 Å². The molecule has 5 heteroatoms. The molecule has 0 aromatic carbocycles. The Bertz CT molecular complexity index is 565. The lowest BCUT2D eigenvalue weighted by Gasteiger charge is -1.99. The highest BCUT2D eigenvalue weighted by molar-refractivity contribution is 7.37. The van der Waals surface area contributed by atoms with Gasteiger partial charge in [0, 0.05) is 11.8 Å². The normalized spacial score (nSPS) is 10.7. The lowest BCUT2D eigenvalue weighted by Crippen LogP contribution is -2.04. The smallest absolute Gasteiger partial charge is 0.310 e. The molecule has 0 bridgehead atoms. The van der Waals surface area contributed by atoms with Gasteiger partial charge in [0.1, 0.15) is 5.78 Å². The van der Waals surface area contributed by atoms with Crippen LogP contribution in [0.2, 0.25) is 0 Å². The fourth-order valence-electron chi connectivity index (χ4n) is 1.74. The van der Waals surface area contributed by atoms with Crippen molar-refractivity contribution in [1.29, 1.82) is 0 Å². The van der Waals surface area contributed by atoms with Gasteiger partial charge in [-0.05, 0) is 28.8 Å². The Labute approximate surface area is 107 Å². The van der Waals surface area contributed by atoms with Gasteiger partial charge in [0.05, 0.1) is 17.5 Å². The number of fused-ring (bicyclic) bond motifs is 1. The summed E-state index contributed by atoms with van der Waals surface area (Å²) in [6.07, 6.45) is 0.711. The first-order valence-corrected chi connectivity index (χ1v) is 6.90. The number of hydrogen-bond donors (Lipinski definition) is 0. The van der Waals surface area contributed by atoms with E-state index >= 15 is 0 Å². The van der Waals surface area contributed by atoms with Crippen LogP contribution in [0, 0.1) is 0 Å². The fourth-order valence-corrected chi connectivity index (χ4v) is 3.91. The second-order valence-corrected chi connectivity index (χ2v) is 5.83. The lowest BCUT2D eigenvalue weighted by molar-refractivity contribution is -0.139. The molecule has 3 nitrogen and oxygen atoms in total. The first kappa shape index (κ1) is 12.3. The molecule has 0 fully saturated rings. The Balaban J connectivity index is 2.39. The summed E-state index contributed by atoms with van der Waals surface area (Å²) in [6, 6.07) is 0. The van der Waals surface area contributed by atoms with Crippen molar-refractivity contribution in [2.24, 2.45) is 0 Å². The van der Waals surface area contributed by atoms with Gasteiger partial charge in [0.25, 0.3) is 0 Å². The minimum atomic E-state index is -0.246. The van der Waals surface area contributed by atoms with Crippen LogP contribution in [0.1, 0.15) is 18.1 Å². The number of hydrogen-bond acceptors (Lipinski definition) is 5. The van der Waals surface area contributed by atoms with Gasteiger partial charge in [0.2, 0.25) is 0 Å². The van der Waals surface area contributed by atoms with E-state index in [1.54, 1.807) is 29.6 Å². The van der Waals surface area contributed by atoms with Crippen LogP contribution in [-0.2, 0) is 27.2 Å². The van der Waals surface area contributed by atoms with Gasteiger partial charge in [-0.1, -0.05) is 0 Å². The van der Waals surface area contributed by atoms with Crippen molar-refractivity contribution in [2.75, 3.05) is 7.11 Å². The number of Topliss-reactive ketones (excluding diaryl/α,β-unsaturated/α-hetero) is 1. The van der Waals surface area contributed by atoms with Crippen molar-refractivity contribution in [3.05, 3.63) is 21.9 Å². The minimum Gasteiger partial charge on any atom is -0.469 e. The summed E-state index contributed by atoms with van der Waals surface area (Å²) in [4.78, 5) is 22.5. The first-order valence-electron chi connectivity index (χ1n) is 5.14. The SMILES string of the molecule is COC(=O)Cc1csc2scc(CC(C)=O)c12. The van der Waals surface area contributed by atoms with Gasteiger partial charge < -0.3 is 4.74 Å². The molecule has 2 rings (SSSR count). The monoisotopic (exact) mass is 268 g/mol. The summed E-state index contributed by atoms with van der Waals surface area (Å²) >= 11 is 3.24. The number of rotatable bonds is 4. The Morgan fingerprint density at radius 3 is 2.29 bits per heavy atom. The molecule has 0 aliphatic carbocycles. The third-order valence-electron chi connectivity index (χ3n) is 2.46. The van der Waals surface area contributed by atoms with Crippen LogP contribution >= 0.6 is 22.7 Å². The van der Waals surface area contributed by atoms with Crippen LogP contribution in [0.15, 0.2) is 10.8 Å². The zero-order valence-electron chi connectivity index (χ0n) is 9.61. The predicted molar refractivity (Wildman–Crippen MR) is 69.8 cm³/mol. The summed E-state index contributed by atoms with van der Waals surface area (Å²) in [5.74, 6) is -0.107. The molecule has 0 N–H and O–H groups in total. The molecule has 0 atom stereocenters. The molecular formula is C12H12O3S2. The average molecular weight is 268 g/mol. The third-order valence-corrected chi connectivity index (χ3v) is 4.68. The maximum Gasteiger partial charge on any atom is 0.310 e. The van der Waals surface area contributed by atoms with Crippen LogP contribution in [0.3, 0.4) is 0 Å². The van der Waals surface area contributed by atoms with E-state index in [4.69, 9.17) is 0 Å². The number of thiophene rings is 2. The number of ether oxygens (including phenoxy) is 1. The van der Waals surface area contributed by atoms with Gasteiger partial charge in [0.15, 0.2) is 0 Å². The summed E-state index contributed by atoms with van der Waals surface area (Å²) in [5.41, 5.74) is 1.99. The van der Waals surface area contributed by atoms with Crippen LogP contribution in [-0.4, -0.2) is 18.9 Å². The van der Waals surface area contributed by atoms with Crippen molar-refractivity contribution in [3.8, 4) is 0 Å². The van der Waals surface area contributed by atoms with Gasteiger partial charge in [-0.2, -0.15) is 0 Å². The van der Waals surface area contributed by atoms with Gasteiger partial charge >= 0.3 is 5.97 Å². The molecule has 0 radical (unpaired) electrons. The quantitative estimate of drug-likeness (QED) is 0.801. The summed E-state index contributed by atoms with van der Waals surface area (Å²) in [6.45, 7) is 1.58. The second kappa shape index (κ2) is 4.98. The zero-order chi connectivity index (χ0) is 12.4. The first-order chi connectivity index (χ1) is 8.11. The molecule has 2 aromatic heterocycles. The highest BCUT2D eigenvalue weighted by Gasteiger charge is 2.15. The minimum absolute atomic E-state index is 0.139. The number of methoxy groups -OCH3 is 1. The van der Waals surface area contributed by atoms with E-state index in [0.29, 0.717) is 6.42 Å². The molecule has 0 unspecified atom stereocenters. The molecule has 17 heavy (non-hydrogen) atoms. The molecular weight excluding hydrogens is 256 g/mol. The molecule has 0 aliphatic heterocycles. The summed E-state index contributed by atoms with van der Waals surface area (Å²) in [5, 5.41) is 5.05. The van der Waals surface area contributed by atoms with Crippen molar-refractivity contribution >= 4 is 43.8 Å². The van der Waals surface area contributed by atoms with E-state index in [1.165, 1.54) is 11.1 Å². The Morgan fingerprint density at radius 1 is 1.18 bits per heavy atom. The van der Waals surface area contributed by atoms with Crippen molar-refractivity contribution in [3.63, 3.8) is 0 Å². The molecule has 90 valence electrons. The lowest BCUT2D eigenvalue weighted by atomic mass is 10.1. The summed E-state index contributed by atoms with van der Waals surface area (Å²) in [7, 11) is 1.38. The fraction of sp³-hybridized carbons (Fsp3) is 0.333. The largest absolute Gasteiger partial charge is 0.469 e. The van der Waals surface area contributed by atoms with E-state index in [2.05, 4.69) is 4.74 Å². The topological polar surface area (TPSA) is 43.4 Å². The number of ketones is 1. The highest BCUT2D eigenvalue weighted by atomic mass is 32.2. The van der Waals surface area contributed by atoms with Crippen LogP contribution in [0.25, 0.3) is 9.40 Å². The molecule has 0 saturated carbocycles. The van der Waals surface area contributed by atoms with Crippen molar-refractivity contribution < 1.29 is 14.3 Å². The number of esters is 1. The maximum atomic E-state index is 11.3. The Kier molecular flexibility index (Phi) is 3.59. The molecule has 2 heterocycles. The predicted octanol–water partition coefficient (Wildman–Crippen LogP) is 2.81. The molecule has 0 amide bonds. The van der Waals surface area contributed by atoms with E-state index in [1.807, 2.05) is 10.8 Å². The van der Waals surface area contributed by atoms with E-state index < -0.39 is 0 Å². The van der Waals surface area contributed by atoms with Gasteiger partial charge in [-0.3, -0.25) is 9.59 Å². The van der Waals surface area contributed by atoms with Gasteiger partial charge in [-0.15, -0.1) is 22.7 Å². The van der Waals surface area contributed by atoms with Crippen LogP contribution in [0.5, 0.6) is 0 Å². The molecule has 0 saturated heterocycles. The van der Waals surface area contributed by atoms with Crippen molar-refractivity contribution in [1.82, 2.24) is 0 Å². The maximum absolute atomic E-state index is 11.3. The van der Waals surface area contributed by atoms with E-state index in [-0.39, 0.29) is 18.2 Å². The van der Waals surface area contributed by atoms with E-state index in [9.17, 15) is 9.59 Å².